The van der Waals surface area contributed by atoms with Crippen molar-refractivity contribution in [3.05, 3.63) is 41.7 Å². The fourth-order valence-electron chi connectivity index (χ4n) is 1.79. The van der Waals surface area contributed by atoms with Crippen LogP contribution in [-0.2, 0) is 16.6 Å². The van der Waals surface area contributed by atoms with E-state index in [-0.39, 0.29) is 4.90 Å². The van der Waals surface area contributed by atoms with Crippen molar-refractivity contribution >= 4 is 27.3 Å². The third kappa shape index (κ3) is 4.45. The molecule has 2 aromatic rings. The molecule has 0 radical (unpaired) electrons. The van der Waals surface area contributed by atoms with Gasteiger partial charge >= 0.3 is 0 Å². The van der Waals surface area contributed by atoms with Crippen LogP contribution in [0.1, 0.15) is 6.42 Å². The second-order valence-electron chi connectivity index (χ2n) is 4.51. The lowest BCUT2D eigenvalue weighted by Crippen LogP contribution is -2.13. The quantitative estimate of drug-likeness (QED) is 0.762. The number of halogens is 1. The van der Waals surface area contributed by atoms with Gasteiger partial charge in [0.05, 0.1) is 11.9 Å². The highest BCUT2D eigenvalue weighted by Crippen LogP contribution is 2.19. The fraction of sp³-hybridized carbons (Fsp3) is 0.308. The Morgan fingerprint density at radius 2 is 2.19 bits per heavy atom. The molecule has 0 bridgehead atoms. The van der Waals surface area contributed by atoms with E-state index in [9.17, 15) is 8.42 Å². The van der Waals surface area contributed by atoms with Crippen LogP contribution in [0.4, 0.5) is 5.69 Å². The number of nitrogens with one attached hydrogen (secondary N) is 2. The van der Waals surface area contributed by atoms with Crippen molar-refractivity contribution in [1.82, 2.24) is 15.1 Å². The summed E-state index contributed by atoms with van der Waals surface area (Å²) in [4.78, 5) is 0.131. The number of hydrogen-bond acceptors (Lipinski definition) is 4. The number of benzene rings is 1. The molecule has 0 saturated carbocycles. The van der Waals surface area contributed by atoms with Gasteiger partial charge in [-0.2, -0.15) is 5.10 Å². The molecule has 114 valence electrons. The molecular weight excluding hydrogens is 312 g/mol. The molecule has 0 unspecified atom stereocenters. The summed E-state index contributed by atoms with van der Waals surface area (Å²) in [6.07, 6.45) is 3.73. The third-order valence-electron chi connectivity index (χ3n) is 2.81. The lowest BCUT2D eigenvalue weighted by molar-refractivity contribution is 0.561. The van der Waals surface area contributed by atoms with Crippen LogP contribution in [0.5, 0.6) is 0 Å². The van der Waals surface area contributed by atoms with E-state index in [4.69, 9.17) is 11.6 Å². The van der Waals surface area contributed by atoms with Crippen LogP contribution in [0, 0.1) is 0 Å². The first-order chi connectivity index (χ1) is 10.0. The Bertz CT molecular complexity index is 700. The van der Waals surface area contributed by atoms with Gasteiger partial charge in [0, 0.05) is 17.8 Å². The zero-order valence-electron chi connectivity index (χ0n) is 11.6. The number of aromatic nitrogens is 2. The number of anilines is 1. The summed E-state index contributed by atoms with van der Waals surface area (Å²) < 4.78 is 28.6. The first kappa shape index (κ1) is 15.8. The molecule has 2 N–H and O–H groups in total. The largest absolute Gasteiger partial charge is 0.320 e. The minimum Gasteiger partial charge on any atom is -0.320 e. The maximum absolute atomic E-state index is 12.2. The number of hydrogen-bond donors (Lipinski definition) is 2. The van der Waals surface area contributed by atoms with E-state index in [2.05, 4.69) is 15.1 Å². The summed E-state index contributed by atoms with van der Waals surface area (Å²) in [6, 6.07) is 6.55. The van der Waals surface area contributed by atoms with Crippen molar-refractivity contribution in [3.63, 3.8) is 0 Å². The molecule has 0 amide bonds. The molecule has 0 spiro atoms. The van der Waals surface area contributed by atoms with Crippen molar-refractivity contribution < 1.29 is 8.42 Å². The Morgan fingerprint density at radius 3 is 2.90 bits per heavy atom. The highest BCUT2D eigenvalue weighted by Gasteiger charge is 2.16. The molecule has 0 aliphatic rings. The van der Waals surface area contributed by atoms with Crippen molar-refractivity contribution in [2.75, 3.05) is 18.3 Å². The van der Waals surface area contributed by atoms with E-state index in [1.807, 2.05) is 7.05 Å². The molecule has 21 heavy (non-hydrogen) atoms. The molecule has 0 aliphatic carbocycles. The first-order valence-electron chi connectivity index (χ1n) is 6.47. The van der Waals surface area contributed by atoms with E-state index in [1.165, 1.54) is 12.4 Å². The maximum Gasteiger partial charge on any atom is 0.265 e. The standard InChI is InChI=1S/C13H17ClN4O2S/c1-15-6-3-7-18-10-13(9-16-18)21(19,20)17-12-5-2-4-11(14)8-12/h2,4-5,8-10,15,17H,3,6-7H2,1H3. The van der Waals surface area contributed by atoms with Gasteiger partial charge in [-0.1, -0.05) is 17.7 Å². The molecule has 6 nitrogen and oxygen atoms in total. The Morgan fingerprint density at radius 1 is 1.38 bits per heavy atom. The van der Waals surface area contributed by atoms with E-state index in [0.717, 1.165) is 13.0 Å². The molecule has 0 saturated heterocycles. The minimum atomic E-state index is -3.65. The fourth-order valence-corrected chi connectivity index (χ4v) is 2.98. The lowest BCUT2D eigenvalue weighted by Gasteiger charge is -2.06. The van der Waals surface area contributed by atoms with Gasteiger partial charge in [0.2, 0.25) is 0 Å². The predicted octanol–water partition coefficient (Wildman–Crippen LogP) is 1.95. The average Bonchev–Trinajstić information content (AvgIpc) is 2.88. The average molecular weight is 329 g/mol. The van der Waals surface area contributed by atoms with E-state index < -0.39 is 10.0 Å². The van der Waals surface area contributed by atoms with Gasteiger partial charge < -0.3 is 5.32 Å². The second kappa shape index (κ2) is 6.93. The molecule has 1 aromatic carbocycles. The Labute approximate surface area is 129 Å². The van der Waals surface area contributed by atoms with E-state index >= 15 is 0 Å². The Kier molecular flexibility index (Phi) is 5.22. The molecule has 8 heteroatoms. The molecule has 1 heterocycles. The molecule has 0 fully saturated rings. The van der Waals surface area contributed by atoms with Gasteiger partial charge in [-0.3, -0.25) is 9.40 Å². The summed E-state index contributed by atoms with van der Waals surface area (Å²) in [5.74, 6) is 0. The molecule has 0 aliphatic heterocycles. The van der Waals surface area contributed by atoms with Gasteiger partial charge in [0.25, 0.3) is 10.0 Å². The summed E-state index contributed by atoms with van der Waals surface area (Å²) in [6.45, 7) is 1.51. The van der Waals surface area contributed by atoms with Gasteiger partial charge in [-0.15, -0.1) is 0 Å². The topological polar surface area (TPSA) is 76.0 Å². The van der Waals surface area contributed by atoms with Crippen LogP contribution in [-0.4, -0.2) is 31.8 Å². The van der Waals surface area contributed by atoms with Crippen molar-refractivity contribution in [1.29, 1.82) is 0 Å². The van der Waals surface area contributed by atoms with Crippen LogP contribution in [0.15, 0.2) is 41.6 Å². The Hall–Kier alpha value is -1.57. The summed E-state index contributed by atoms with van der Waals surface area (Å²) in [5, 5.41) is 7.56. The Balaban J connectivity index is 2.09. The normalized spacial score (nSPS) is 11.5. The molecule has 1 aromatic heterocycles. The summed E-state index contributed by atoms with van der Waals surface area (Å²) in [5.41, 5.74) is 0.422. The van der Waals surface area contributed by atoms with Crippen molar-refractivity contribution in [3.8, 4) is 0 Å². The zero-order chi connectivity index (χ0) is 15.3. The first-order valence-corrected chi connectivity index (χ1v) is 8.33. The van der Waals surface area contributed by atoms with Crippen molar-refractivity contribution in [2.24, 2.45) is 0 Å². The highest BCUT2D eigenvalue weighted by molar-refractivity contribution is 7.92. The molecule has 0 atom stereocenters. The van der Waals surface area contributed by atoms with Crippen LogP contribution in [0.25, 0.3) is 0 Å². The number of nitrogens with zero attached hydrogens (tertiary/aromatic N) is 2. The molecule has 2 rings (SSSR count). The smallest absolute Gasteiger partial charge is 0.265 e. The van der Waals surface area contributed by atoms with Crippen molar-refractivity contribution in [2.45, 2.75) is 17.9 Å². The van der Waals surface area contributed by atoms with Gasteiger partial charge in [-0.25, -0.2) is 8.42 Å². The highest BCUT2D eigenvalue weighted by atomic mass is 35.5. The number of aryl methyl sites for hydroxylation is 1. The minimum absolute atomic E-state index is 0.131. The maximum atomic E-state index is 12.2. The molecular formula is C13H17ClN4O2S. The van der Waals surface area contributed by atoms with Crippen LogP contribution < -0.4 is 10.0 Å². The predicted molar refractivity (Wildman–Crippen MR) is 83.0 cm³/mol. The van der Waals surface area contributed by atoms with Crippen LogP contribution in [0.3, 0.4) is 0 Å². The second-order valence-corrected chi connectivity index (χ2v) is 6.63. The lowest BCUT2D eigenvalue weighted by atomic mass is 10.3. The van der Waals surface area contributed by atoms with Crippen LogP contribution in [0.2, 0.25) is 5.02 Å². The number of sulfonamides is 1. The van der Waals surface area contributed by atoms with Gasteiger partial charge in [-0.05, 0) is 38.2 Å². The van der Waals surface area contributed by atoms with E-state index in [0.29, 0.717) is 17.3 Å². The van der Waals surface area contributed by atoms with Gasteiger partial charge in [0.1, 0.15) is 4.90 Å². The third-order valence-corrected chi connectivity index (χ3v) is 4.38. The summed E-state index contributed by atoms with van der Waals surface area (Å²) in [7, 11) is -1.78. The summed E-state index contributed by atoms with van der Waals surface area (Å²) >= 11 is 5.84. The van der Waals surface area contributed by atoms with Gasteiger partial charge in [0.15, 0.2) is 0 Å². The zero-order valence-corrected chi connectivity index (χ0v) is 13.2. The number of rotatable bonds is 7. The monoisotopic (exact) mass is 328 g/mol. The SMILES string of the molecule is CNCCCn1cc(S(=O)(=O)Nc2cccc(Cl)c2)cn1. The van der Waals surface area contributed by atoms with Crippen LogP contribution >= 0.6 is 11.6 Å². The van der Waals surface area contributed by atoms with E-state index in [1.54, 1.807) is 28.9 Å².